The fourth-order valence-corrected chi connectivity index (χ4v) is 5.97. The van der Waals surface area contributed by atoms with Crippen molar-refractivity contribution in [1.82, 2.24) is 0 Å². The number of hydrogen-bond acceptors (Lipinski definition) is 4. The zero-order chi connectivity index (χ0) is 24.9. The van der Waals surface area contributed by atoms with Crippen molar-refractivity contribution in [2.45, 2.75) is 90.2 Å². The Labute approximate surface area is 194 Å². The van der Waals surface area contributed by atoms with E-state index in [-0.39, 0.29) is 17.4 Å². The Bertz CT molecular complexity index is 918. The van der Waals surface area contributed by atoms with Crippen molar-refractivity contribution in [3.8, 4) is 0 Å². The molecule has 1 N–H and O–H groups in total. The van der Waals surface area contributed by atoms with Crippen LogP contribution in [0.4, 0.5) is 13.2 Å². The summed E-state index contributed by atoms with van der Waals surface area (Å²) in [4.78, 5) is 13.5. The quantitative estimate of drug-likeness (QED) is 0.406. The summed E-state index contributed by atoms with van der Waals surface area (Å²) in [6.07, 6.45) is -2.44. The smallest absolute Gasteiger partial charge is 0.432 e. The number of allylic oxidation sites excluding steroid dienone is 1. The van der Waals surface area contributed by atoms with Crippen LogP contribution in [0, 0.1) is 10.8 Å². The molecule has 0 amide bonds. The van der Waals surface area contributed by atoms with E-state index in [1.807, 2.05) is 13.8 Å². The molecule has 3 rings (SSSR count). The molecule has 4 atom stereocenters. The molecule has 184 valence electrons. The molecule has 0 aromatic heterocycles. The summed E-state index contributed by atoms with van der Waals surface area (Å²) in [5.74, 6) is -1.48. The molecule has 4 nitrogen and oxygen atoms in total. The molecule has 7 heteroatoms. The van der Waals surface area contributed by atoms with Gasteiger partial charge in [-0.2, -0.15) is 13.2 Å². The fourth-order valence-electron chi connectivity index (χ4n) is 5.97. The first kappa shape index (κ1) is 25.8. The van der Waals surface area contributed by atoms with Crippen LogP contribution in [0.1, 0.15) is 72.3 Å². The molecule has 0 aliphatic heterocycles. The summed E-state index contributed by atoms with van der Waals surface area (Å²) in [6, 6.07) is 6.88. The Morgan fingerprint density at radius 2 is 1.76 bits per heavy atom. The molecule has 2 aliphatic rings. The molecular formula is C26H35F3O4. The zero-order valence-electron chi connectivity index (χ0n) is 20.3. The van der Waals surface area contributed by atoms with Gasteiger partial charge < -0.3 is 14.6 Å². The third kappa shape index (κ3) is 4.23. The summed E-state index contributed by atoms with van der Waals surface area (Å²) in [5.41, 5.74) is -3.78. The van der Waals surface area contributed by atoms with Gasteiger partial charge in [0, 0.05) is 24.5 Å². The molecule has 0 spiro atoms. The van der Waals surface area contributed by atoms with E-state index >= 15 is 0 Å². The summed E-state index contributed by atoms with van der Waals surface area (Å²) in [6.45, 7) is 9.34. The molecular weight excluding hydrogens is 433 g/mol. The number of benzene rings is 1. The van der Waals surface area contributed by atoms with Gasteiger partial charge in [0.05, 0.1) is 5.60 Å². The number of carbonyl (C=O) groups excluding carboxylic acids is 1. The Morgan fingerprint density at radius 1 is 1.15 bits per heavy atom. The number of carbonyl (C=O) groups is 1. The lowest BCUT2D eigenvalue weighted by molar-refractivity contribution is -0.280. The highest BCUT2D eigenvalue weighted by atomic mass is 19.4. The van der Waals surface area contributed by atoms with Crippen molar-refractivity contribution in [1.29, 1.82) is 0 Å². The van der Waals surface area contributed by atoms with Gasteiger partial charge in [-0.05, 0) is 51.0 Å². The predicted molar refractivity (Wildman–Crippen MR) is 119 cm³/mol. The molecule has 1 fully saturated rings. The van der Waals surface area contributed by atoms with Crippen molar-refractivity contribution >= 4 is 5.97 Å². The molecule has 1 aromatic rings. The molecule has 1 saturated carbocycles. The number of hydrogen-bond donors (Lipinski definition) is 1. The van der Waals surface area contributed by atoms with E-state index in [4.69, 9.17) is 9.47 Å². The lowest BCUT2D eigenvalue weighted by atomic mass is 9.56. The van der Waals surface area contributed by atoms with Crippen molar-refractivity contribution in [2.24, 2.45) is 10.8 Å². The summed E-state index contributed by atoms with van der Waals surface area (Å²) >= 11 is 0. The van der Waals surface area contributed by atoms with Crippen LogP contribution in [0.15, 0.2) is 41.5 Å². The first-order valence-electron chi connectivity index (χ1n) is 11.4. The second-order valence-corrected chi connectivity index (χ2v) is 10.8. The summed E-state index contributed by atoms with van der Waals surface area (Å²) in [7, 11) is 0.878. The topological polar surface area (TPSA) is 55.8 Å². The van der Waals surface area contributed by atoms with Crippen molar-refractivity contribution in [3.63, 3.8) is 0 Å². The molecule has 0 saturated heterocycles. The number of aliphatic hydroxyl groups is 1. The minimum atomic E-state index is -5.04. The van der Waals surface area contributed by atoms with Gasteiger partial charge in [-0.1, -0.05) is 56.2 Å². The van der Waals surface area contributed by atoms with Gasteiger partial charge in [0.15, 0.2) is 0 Å². The Hall–Kier alpha value is -1.86. The molecule has 1 aromatic carbocycles. The second kappa shape index (κ2) is 8.42. The number of methoxy groups -OCH3 is 1. The van der Waals surface area contributed by atoms with Gasteiger partial charge in [-0.15, -0.1) is 0 Å². The highest BCUT2D eigenvalue weighted by Gasteiger charge is 2.66. The number of ether oxygens (including phenoxy) is 2. The third-order valence-corrected chi connectivity index (χ3v) is 7.92. The molecule has 0 bridgehead atoms. The van der Waals surface area contributed by atoms with E-state index in [9.17, 15) is 23.1 Å². The monoisotopic (exact) mass is 468 g/mol. The van der Waals surface area contributed by atoms with Gasteiger partial charge in [0.2, 0.25) is 0 Å². The number of rotatable bonds is 6. The molecule has 0 radical (unpaired) electrons. The fraction of sp³-hybridized carbons (Fsp3) is 0.654. The maximum Gasteiger partial charge on any atom is 0.432 e. The van der Waals surface area contributed by atoms with Crippen LogP contribution in [0.3, 0.4) is 0 Å². The van der Waals surface area contributed by atoms with Crippen LogP contribution in [0.5, 0.6) is 0 Å². The van der Waals surface area contributed by atoms with Gasteiger partial charge >= 0.3 is 12.1 Å². The maximum atomic E-state index is 14.5. The van der Waals surface area contributed by atoms with Gasteiger partial charge in [-0.3, -0.25) is 0 Å². The zero-order valence-corrected chi connectivity index (χ0v) is 20.3. The van der Waals surface area contributed by atoms with Crippen LogP contribution >= 0.6 is 0 Å². The SMILES string of the molecule is CO[C@](C(=O)O[C@@H]1C(CC(C)(C)O)=C(C)C[C@@]2(C)CCC[C@]12C)(c1ccccc1)C(F)(F)F. The Balaban J connectivity index is 2.13. The Morgan fingerprint density at radius 3 is 2.27 bits per heavy atom. The number of halogens is 3. The first-order chi connectivity index (χ1) is 15.1. The van der Waals surface area contributed by atoms with Crippen molar-refractivity contribution < 1.29 is 32.5 Å². The van der Waals surface area contributed by atoms with Gasteiger partial charge in [-0.25, -0.2) is 4.79 Å². The van der Waals surface area contributed by atoms with E-state index in [1.165, 1.54) is 24.3 Å². The van der Waals surface area contributed by atoms with Crippen LogP contribution in [0.2, 0.25) is 0 Å². The highest BCUT2D eigenvalue weighted by Crippen LogP contribution is 2.63. The van der Waals surface area contributed by atoms with E-state index in [2.05, 4.69) is 6.92 Å². The normalized spacial score (nSPS) is 30.1. The summed E-state index contributed by atoms with van der Waals surface area (Å²) < 4.78 is 54.3. The largest absolute Gasteiger partial charge is 0.455 e. The average molecular weight is 469 g/mol. The van der Waals surface area contributed by atoms with E-state index in [0.29, 0.717) is 5.57 Å². The third-order valence-electron chi connectivity index (χ3n) is 7.92. The van der Waals surface area contributed by atoms with Crippen LogP contribution in [-0.2, 0) is 19.9 Å². The molecule has 0 unspecified atom stereocenters. The lowest BCUT2D eigenvalue weighted by Crippen LogP contribution is -2.56. The van der Waals surface area contributed by atoms with Crippen molar-refractivity contribution in [3.05, 3.63) is 47.0 Å². The minimum Gasteiger partial charge on any atom is -0.455 e. The van der Waals surface area contributed by atoms with Gasteiger partial charge in [0.1, 0.15) is 6.10 Å². The van der Waals surface area contributed by atoms with Crippen LogP contribution < -0.4 is 0 Å². The predicted octanol–water partition coefficient (Wildman–Crippen LogP) is 6.08. The molecule has 2 aliphatic carbocycles. The number of fused-ring (bicyclic) bond motifs is 1. The second-order valence-electron chi connectivity index (χ2n) is 10.8. The molecule has 0 heterocycles. The van der Waals surface area contributed by atoms with Crippen LogP contribution in [0.25, 0.3) is 0 Å². The minimum absolute atomic E-state index is 0.208. The Kier molecular flexibility index (Phi) is 6.57. The van der Waals surface area contributed by atoms with E-state index in [0.717, 1.165) is 38.4 Å². The maximum absolute atomic E-state index is 14.5. The number of esters is 1. The number of alkyl halides is 3. The van der Waals surface area contributed by atoms with Crippen molar-refractivity contribution in [2.75, 3.05) is 7.11 Å². The van der Waals surface area contributed by atoms with Crippen LogP contribution in [-0.4, -0.2) is 36.1 Å². The first-order valence-corrected chi connectivity index (χ1v) is 11.4. The lowest BCUT2D eigenvalue weighted by Gasteiger charge is -2.52. The van der Waals surface area contributed by atoms with E-state index in [1.54, 1.807) is 19.9 Å². The highest BCUT2D eigenvalue weighted by molar-refractivity contribution is 5.83. The molecule has 33 heavy (non-hydrogen) atoms. The van der Waals surface area contributed by atoms with E-state index < -0.39 is 34.9 Å². The standard InChI is InChI=1S/C26H35F3O4/c1-17-15-23(4)13-10-14-24(23,5)20(19(17)16-22(2,3)31)33-21(30)25(32-6,26(27,28)29)18-11-8-7-9-12-18/h7-9,11-12,20,31H,10,13-16H2,1-6H3/t20-,23-,24-,25+/m1/s1. The average Bonchev–Trinajstić information content (AvgIpc) is 2.99. The van der Waals surface area contributed by atoms with Gasteiger partial charge in [0.25, 0.3) is 5.60 Å². The summed E-state index contributed by atoms with van der Waals surface area (Å²) in [5, 5.41) is 10.6.